The van der Waals surface area contributed by atoms with E-state index >= 15 is 0 Å². The highest BCUT2D eigenvalue weighted by atomic mass is 16.5. The van der Waals surface area contributed by atoms with Crippen LogP contribution in [0.2, 0.25) is 0 Å². The molecule has 1 aromatic rings. The molecule has 0 aliphatic carbocycles. The van der Waals surface area contributed by atoms with E-state index in [0.717, 1.165) is 24.2 Å². The first-order chi connectivity index (χ1) is 11.5. The Morgan fingerprint density at radius 1 is 1.17 bits per heavy atom. The lowest BCUT2D eigenvalue weighted by Gasteiger charge is -2.21. The van der Waals surface area contributed by atoms with Crippen LogP contribution in [-0.4, -0.2) is 43.0 Å². The molecule has 0 fully saturated rings. The largest absolute Gasteiger partial charge is 0.493 e. The molecular formula is C19H30N2O3. The number of amides is 2. The number of carbonyl (C=O) groups excluding carboxylic acids is 2. The first kappa shape index (κ1) is 20.0. The molecule has 5 heteroatoms. The maximum Gasteiger partial charge on any atom is 0.239 e. The van der Waals surface area contributed by atoms with E-state index in [4.69, 9.17) is 4.74 Å². The summed E-state index contributed by atoms with van der Waals surface area (Å²) in [5.74, 6) is 0.651. The number of ether oxygens (including phenoxy) is 1. The fraction of sp³-hybridized carbons (Fsp3) is 0.579. The number of hydrogen-bond donors (Lipinski definition) is 1. The maximum absolute atomic E-state index is 12.3. The Bertz CT molecular complexity index is 543. The lowest BCUT2D eigenvalue weighted by Crippen LogP contribution is -2.41. The lowest BCUT2D eigenvalue weighted by atomic mass is 10.1. The van der Waals surface area contributed by atoms with E-state index in [9.17, 15) is 9.59 Å². The van der Waals surface area contributed by atoms with E-state index in [1.807, 2.05) is 39.8 Å². The summed E-state index contributed by atoms with van der Waals surface area (Å²) in [7, 11) is 0. The van der Waals surface area contributed by atoms with Crippen LogP contribution < -0.4 is 10.1 Å². The Morgan fingerprint density at radius 2 is 1.92 bits per heavy atom. The van der Waals surface area contributed by atoms with Gasteiger partial charge in [0.1, 0.15) is 5.75 Å². The van der Waals surface area contributed by atoms with Gasteiger partial charge in [-0.2, -0.15) is 0 Å². The van der Waals surface area contributed by atoms with Crippen molar-refractivity contribution in [2.75, 3.05) is 26.2 Å². The summed E-state index contributed by atoms with van der Waals surface area (Å²) in [6.07, 6.45) is 1.98. The molecule has 1 rings (SSSR count). The zero-order valence-electron chi connectivity index (χ0n) is 15.4. The topological polar surface area (TPSA) is 58.6 Å². The van der Waals surface area contributed by atoms with E-state index in [1.54, 1.807) is 4.90 Å². The number of aryl methyl sites for hydroxylation is 2. The molecule has 0 heterocycles. The lowest BCUT2D eigenvalue weighted by molar-refractivity contribution is -0.136. The molecule has 0 saturated carbocycles. The minimum absolute atomic E-state index is 0.0479. The summed E-state index contributed by atoms with van der Waals surface area (Å²) in [5.41, 5.74) is 2.25. The predicted octanol–water partition coefficient (Wildman–Crippen LogP) is 2.84. The third-order valence-corrected chi connectivity index (χ3v) is 3.66. The zero-order chi connectivity index (χ0) is 17.9. The van der Waals surface area contributed by atoms with Gasteiger partial charge in [-0.15, -0.1) is 0 Å². The van der Waals surface area contributed by atoms with E-state index in [2.05, 4.69) is 11.4 Å². The van der Waals surface area contributed by atoms with Crippen molar-refractivity contribution in [1.82, 2.24) is 10.2 Å². The van der Waals surface area contributed by atoms with E-state index in [0.29, 0.717) is 19.7 Å². The summed E-state index contributed by atoms with van der Waals surface area (Å²) in [6.45, 7) is 9.69. The fourth-order valence-corrected chi connectivity index (χ4v) is 2.42. The van der Waals surface area contributed by atoms with Gasteiger partial charge in [-0.05, 0) is 38.3 Å². The average Bonchev–Trinajstić information content (AvgIpc) is 2.54. The van der Waals surface area contributed by atoms with Crippen molar-refractivity contribution < 1.29 is 14.3 Å². The van der Waals surface area contributed by atoms with Crippen molar-refractivity contribution in [1.29, 1.82) is 0 Å². The van der Waals surface area contributed by atoms with Gasteiger partial charge in [0.2, 0.25) is 11.8 Å². The molecule has 0 spiro atoms. The normalized spacial score (nSPS) is 10.3. The maximum atomic E-state index is 12.3. The van der Waals surface area contributed by atoms with Gasteiger partial charge in [0.05, 0.1) is 19.6 Å². The molecule has 5 nitrogen and oxygen atoms in total. The minimum Gasteiger partial charge on any atom is -0.493 e. The second-order valence-corrected chi connectivity index (χ2v) is 6.03. The van der Waals surface area contributed by atoms with Crippen LogP contribution in [0.25, 0.3) is 0 Å². The molecule has 0 aliphatic heterocycles. The molecule has 1 aromatic carbocycles. The molecule has 0 bridgehead atoms. The van der Waals surface area contributed by atoms with Crippen molar-refractivity contribution in [3.8, 4) is 5.75 Å². The number of hydrogen-bond acceptors (Lipinski definition) is 3. The summed E-state index contributed by atoms with van der Waals surface area (Å²) in [4.78, 5) is 25.8. The molecule has 134 valence electrons. The van der Waals surface area contributed by atoms with Crippen LogP contribution in [0.4, 0.5) is 0 Å². The first-order valence-corrected chi connectivity index (χ1v) is 8.72. The Morgan fingerprint density at radius 3 is 2.54 bits per heavy atom. The SMILES string of the molecule is CCCNC(=O)CN(CCC)C(=O)CCOc1ccc(C)cc1C. The predicted molar refractivity (Wildman–Crippen MR) is 96.2 cm³/mol. The molecule has 0 saturated heterocycles. The third kappa shape index (κ3) is 7.02. The van der Waals surface area contributed by atoms with Crippen molar-refractivity contribution in [2.24, 2.45) is 0 Å². The Kier molecular flexibility index (Phi) is 8.90. The van der Waals surface area contributed by atoms with E-state index < -0.39 is 0 Å². The smallest absolute Gasteiger partial charge is 0.239 e. The van der Waals surface area contributed by atoms with Crippen LogP contribution in [0.1, 0.15) is 44.2 Å². The third-order valence-electron chi connectivity index (χ3n) is 3.66. The van der Waals surface area contributed by atoms with E-state index in [-0.39, 0.29) is 24.8 Å². The van der Waals surface area contributed by atoms with Gasteiger partial charge >= 0.3 is 0 Å². The van der Waals surface area contributed by atoms with Crippen LogP contribution in [0, 0.1) is 13.8 Å². The molecule has 1 N–H and O–H groups in total. The van der Waals surface area contributed by atoms with Gasteiger partial charge in [0, 0.05) is 13.1 Å². The molecule has 0 radical (unpaired) electrons. The van der Waals surface area contributed by atoms with Gasteiger partial charge in [-0.1, -0.05) is 31.5 Å². The second kappa shape index (κ2) is 10.7. The van der Waals surface area contributed by atoms with Crippen LogP contribution in [0.3, 0.4) is 0 Å². The van der Waals surface area contributed by atoms with Crippen molar-refractivity contribution in [3.63, 3.8) is 0 Å². The van der Waals surface area contributed by atoms with Gasteiger partial charge < -0.3 is 15.0 Å². The Labute approximate surface area is 145 Å². The van der Waals surface area contributed by atoms with E-state index in [1.165, 1.54) is 5.56 Å². The summed E-state index contributed by atoms with van der Waals surface area (Å²) < 4.78 is 5.71. The highest BCUT2D eigenvalue weighted by molar-refractivity contribution is 5.84. The molecule has 2 amide bonds. The van der Waals surface area contributed by atoms with Crippen molar-refractivity contribution in [2.45, 2.75) is 47.0 Å². The van der Waals surface area contributed by atoms with Crippen LogP contribution >= 0.6 is 0 Å². The van der Waals surface area contributed by atoms with Gasteiger partial charge in [0.25, 0.3) is 0 Å². The second-order valence-electron chi connectivity index (χ2n) is 6.03. The summed E-state index contributed by atoms with van der Waals surface area (Å²) >= 11 is 0. The zero-order valence-corrected chi connectivity index (χ0v) is 15.4. The monoisotopic (exact) mass is 334 g/mol. The molecule has 0 atom stereocenters. The van der Waals surface area contributed by atoms with Crippen LogP contribution in [0.15, 0.2) is 18.2 Å². The van der Waals surface area contributed by atoms with Crippen LogP contribution in [0.5, 0.6) is 5.75 Å². The quantitative estimate of drug-likeness (QED) is 0.716. The van der Waals surface area contributed by atoms with Crippen molar-refractivity contribution in [3.05, 3.63) is 29.3 Å². The van der Waals surface area contributed by atoms with Crippen LogP contribution in [-0.2, 0) is 9.59 Å². The standard InChI is InChI=1S/C19H30N2O3/c1-5-10-20-18(22)14-21(11-6-2)19(23)9-12-24-17-8-7-15(3)13-16(17)4/h7-8,13H,5-6,9-12,14H2,1-4H3,(H,20,22). The molecular weight excluding hydrogens is 304 g/mol. The number of nitrogens with one attached hydrogen (secondary N) is 1. The number of benzene rings is 1. The van der Waals surface area contributed by atoms with Crippen molar-refractivity contribution >= 4 is 11.8 Å². The number of rotatable bonds is 10. The average molecular weight is 334 g/mol. The molecule has 0 aromatic heterocycles. The van der Waals surface area contributed by atoms with Gasteiger partial charge in [-0.3, -0.25) is 9.59 Å². The minimum atomic E-state index is -0.103. The Balaban J connectivity index is 2.48. The molecule has 24 heavy (non-hydrogen) atoms. The number of carbonyl (C=O) groups is 2. The first-order valence-electron chi connectivity index (χ1n) is 8.72. The number of nitrogens with zero attached hydrogens (tertiary/aromatic N) is 1. The highest BCUT2D eigenvalue weighted by Gasteiger charge is 2.16. The Hall–Kier alpha value is -2.04. The van der Waals surface area contributed by atoms with Gasteiger partial charge in [-0.25, -0.2) is 0 Å². The molecule has 0 aliphatic rings. The fourth-order valence-electron chi connectivity index (χ4n) is 2.42. The summed E-state index contributed by atoms with van der Waals surface area (Å²) in [6, 6.07) is 5.97. The summed E-state index contributed by atoms with van der Waals surface area (Å²) in [5, 5.41) is 2.81. The molecule has 0 unspecified atom stereocenters. The highest BCUT2D eigenvalue weighted by Crippen LogP contribution is 2.18. The van der Waals surface area contributed by atoms with Gasteiger partial charge in [0.15, 0.2) is 0 Å².